The molecule has 6 heteroatoms. The minimum absolute atomic E-state index is 0.0579. The molecule has 5 nitrogen and oxygen atoms in total. The number of halogens is 1. The minimum Gasteiger partial charge on any atom is -0.507 e. The van der Waals surface area contributed by atoms with E-state index >= 15 is 0 Å². The van der Waals surface area contributed by atoms with Crippen LogP contribution < -0.4 is 9.64 Å². The number of hydrogen-bond donors (Lipinski definition) is 1. The summed E-state index contributed by atoms with van der Waals surface area (Å²) >= 11 is 0. The number of aliphatic hydroxyl groups excluding tert-OH is 1. The highest BCUT2D eigenvalue weighted by Crippen LogP contribution is 2.42. The molecule has 1 aliphatic rings. The molecule has 1 saturated heterocycles. The third-order valence-electron chi connectivity index (χ3n) is 5.59. The molecule has 0 saturated carbocycles. The van der Waals surface area contributed by atoms with Gasteiger partial charge in [-0.2, -0.15) is 0 Å². The van der Waals surface area contributed by atoms with Crippen LogP contribution in [0.25, 0.3) is 5.76 Å². The fraction of sp³-hybridized carbons (Fsp3) is 0.214. The lowest BCUT2D eigenvalue weighted by atomic mass is 9.95. The normalized spacial score (nSPS) is 17.5. The summed E-state index contributed by atoms with van der Waals surface area (Å²) in [4.78, 5) is 27.9. The molecule has 1 unspecified atom stereocenters. The van der Waals surface area contributed by atoms with Crippen LogP contribution in [0.1, 0.15) is 42.1 Å². The maximum Gasteiger partial charge on any atom is 0.300 e. The van der Waals surface area contributed by atoms with Gasteiger partial charge in [-0.3, -0.25) is 14.5 Å². The zero-order chi connectivity index (χ0) is 24.6. The van der Waals surface area contributed by atoms with E-state index in [1.807, 2.05) is 45.9 Å². The molecular weight excluding hydrogens is 433 g/mol. The highest BCUT2D eigenvalue weighted by molar-refractivity contribution is 6.51. The van der Waals surface area contributed by atoms with Crippen LogP contribution in [-0.4, -0.2) is 22.9 Å². The van der Waals surface area contributed by atoms with Gasteiger partial charge in [-0.1, -0.05) is 30.3 Å². The monoisotopic (exact) mass is 459 g/mol. The Morgan fingerprint density at radius 3 is 2.24 bits per heavy atom. The predicted octanol–water partition coefficient (Wildman–Crippen LogP) is 5.86. The van der Waals surface area contributed by atoms with Gasteiger partial charge in [0.1, 0.15) is 17.3 Å². The SMILES string of the molecule is Cc1cc(C)cc(N2C(=O)C(=O)/C(=C(/O)c3cccc(OC(C)C)c3)C2c2ccc(F)cc2)c1. The molecule has 3 aromatic carbocycles. The second-order valence-electron chi connectivity index (χ2n) is 8.76. The summed E-state index contributed by atoms with van der Waals surface area (Å²) in [7, 11) is 0. The first-order valence-electron chi connectivity index (χ1n) is 11.1. The Morgan fingerprint density at radius 1 is 0.971 bits per heavy atom. The van der Waals surface area contributed by atoms with Crippen molar-refractivity contribution in [3.8, 4) is 5.75 Å². The Balaban J connectivity index is 1.92. The number of rotatable bonds is 5. The number of aliphatic hydroxyl groups is 1. The van der Waals surface area contributed by atoms with Gasteiger partial charge in [0, 0.05) is 11.3 Å². The van der Waals surface area contributed by atoms with E-state index in [9.17, 15) is 19.1 Å². The van der Waals surface area contributed by atoms with Gasteiger partial charge in [0.15, 0.2) is 0 Å². The fourth-order valence-corrected chi connectivity index (χ4v) is 4.29. The second kappa shape index (κ2) is 9.14. The molecule has 3 aromatic rings. The van der Waals surface area contributed by atoms with Crippen LogP contribution in [0.2, 0.25) is 0 Å². The first-order valence-corrected chi connectivity index (χ1v) is 11.1. The van der Waals surface area contributed by atoms with Crippen molar-refractivity contribution in [3.05, 3.63) is 100 Å². The van der Waals surface area contributed by atoms with E-state index in [0.29, 0.717) is 22.6 Å². The average molecular weight is 460 g/mol. The van der Waals surface area contributed by atoms with Crippen LogP contribution in [0.15, 0.2) is 72.3 Å². The standard InChI is InChI=1S/C28H26FNO4/c1-16(2)34-23-7-5-6-20(15-23)26(31)24-25(19-8-10-21(29)11-9-19)30(28(33)27(24)32)22-13-17(3)12-18(4)14-22/h5-16,25,31H,1-4H3/b26-24+. The highest BCUT2D eigenvalue weighted by Gasteiger charge is 2.47. The molecule has 174 valence electrons. The lowest BCUT2D eigenvalue weighted by Crippen LogP contribution is -2.29. The topological polar surface area (TPSA) is 66.8 Å². The molecule has 1 aliphatic heterocycles. The third-order valence-corrected chi connectivity index (χ3v) is 5.59. The Kier molecular flexibility index (Phi) is 6.24. The number of Topliss-reactive ketones (excluding diaryl/α,β-unsaturated/α-hetero) is 1. The number of carbonyl (C=O) groups excluding carboxylic acids is 2. The van der Waals surface area contributed by atoms with Gasteiger partial charge in [-0.25, -0.2) is 4.39 Å². The molecule has 0 radical (unpaired) electrons. The summed E-state index contributed by atoms with van der Waals surface area (Å²) in [6.07, 6.45) is -0.0771. The largest absolute Gasteiger partial charge is 0.507 e. The van der Waals surface area contributed by atoms with E-state index < -0.39 is 23.5 Å². The van der Waals surface area contributed by atoms with E-state index in [0.717, 1.165) is 11.1 Å². The average Bonchev–Trinajstić information content (AvgIpc) is 3.03. The van der Waals surface area contributed by atoms with Gasteiger partial charge in [0.05, 0.1) is 17.7 Å². The van der Waals surface area contributed by atoms with Crippen molar-refractivity contribution >= 4 is 23.1 Å². The van der Waals surface area contributed by atoms with Crippen molar-refractivity contribution < 1.29 is 23.8 Å². The van der Waals surface area contributed by atoms with Gasteiger partial charge in [-0.15, -0.1) is 0 Å². The fourth-order valence-electron chi connectivity index (χ4n) is 4.29. The van der Waals surface area contributed by atoms with Gasteiger partial charge in [0.25, 0.3) is 11.7 Å². The molecule has 1 heterocycles. The molecule has 0 bridgehead atoms. The van der Waals surface area contributed by atoms with Gasteiger partial charge >= 0.3 is 0 Å². The lowest BCUT2D eigenvalue weighted by Gasteiger charge is -2.26. The molecule has 1 fully saturated rings. The molecule has 1 amide bonds. The maximum absolute atomic E-state index is 13.7. The maximum atomic E-state index is 13.7. The Hall–Kier alpha value is -3.93. The number of anilines is 1. The van der Waals surface area contributed by atoms with Crippen molar-refractivity contribution in [1.29, 1.82) is 0 Å². The van der Waals surface area contributed by atoms with Crippen molar-refractivity contribution in [2.45, 2.75) is 39.8 Å². The highest BCUT2D eigenvalue weighted by atomic mass is 19.1. The summed E-state index contributed by atoms with van der Waals surface area (Å²) in [6.45, 7) is 7.58. The minimum atomic E-state index is -0.920. The Morgan fingerprint density at radius 2 is 1.62 bits per heavy atom. The van der Waals surface area contributed by atoms with Gasteiger partial charge < -0.3 is 9.84 Å². The van der Waals surface area contributed by atoms with Crippen LogP contribution >= 0.6 is 0 Å². The lowest BCUT2D eigenvalue weighted by molar-refractivity contribution is -0.132. The third kappa shape index (κ3) is 4.44. The van der Waals surface area contributed by atoms with E-state index in [1.54, 1.807) is 24.3 Å². The number of carbonyl (C=O) groups is 2. The zero-order valence-electron chi connectivity index (χ0n) is 19.5. The van der Waals surface area contributed by atoms with E-state index in [2.05, 4.69) is 0 Å². The first-order chi connectivity index (χ1) is 16.2. The summed E-state index contributed by atoms with van der Waals surface area (Å²) in [5.74, 6) is -1.78. The first kappa shape index (κ1) is 23.2. The molecule has 4 rings (SSSR count). The van der Waals surface area contributed by atoms with Crippen molar-refractivity contribution in [1.82, 2.24) is 0 Å². The number of benzene rings is 3. The Bertz CT molecular complexity index is 1270. The molecule has 1 atom stereocenters. The van der Waals surface area contributed by atoms with Crippen molar-refractivity contribution in [2.24, 2.45) is 0 Å². The summed E-state index contributed by atoms with van der Waals surface area (Å²) < 4.78 is 19.4. The van der Waals surface area contributed by atoms with E-state index in [-0.39, 0.29) is 17.4 Å². The molecule has 0 aromatic heterocycles. The number of ether oxygens (including phenoxy) is 1. The summed E-state index contributed by atoms with van der Waals surface area (Å²) in [5, 5.41) is 11.3. The van der Waals surface area contributed by atoms with Crippen LogP contribution in [-0.2, 0) is 9.59 Å². The number of nitrogens with zero attached hydrogens (tertiary/aromatic N) is 1. The van der Waals surface area contributed by atoms with E-state index in [4.69, 9.17) is 4.74 Å². The zero-order valence-corrected chi connectivity index (χ0v) is 19.5. The molecule has 0 spiro atoms. The Labute approximate surface area is 198 Å². The molecule has 34 heavy (non-hydrogen) atoms. The van der Waals surface area contributed by atoms with Gasteiger partial charge in [-0.05, 0) is 80.8 Å². The van der Waals surface area contributed by atoms with Crippen LogP contribution in [0, 0.1) is 19.7 Å². The summed E-state index contributed by atoms with van der Waals surface area (Å²) in [6, 6.07) is 17.0. The van der Waals surface area contributed by atoms with Crippen LogP contribution in [0.4, 0.5) is 10.1 Å². The smallest absolute Gasteiger partial charge is 0.300 e. The van der Waals surface area contributed by atoms with Gasteiger partial charge in [0.2, 0.25) is 0 Å². The molecule has 0 aliphatic carbocycles. The van der Waals surface area contributed by atoms with Crippen LogP contribution in [0.3, 0.4) is 0 Å². The summed E-state index contributed by atoms with van der Waals surface area (Å²) in [5.41, 5.74) is 3.18. The quantitative estimate of drug-likeness (QED) is 0.295. The molecular formula is C28H26FNO4. The van der Waals surface area contributed by atoms with Crippen LogP contribution in [0.5, 0.6) is 5.75 Å². The van der Waals surface area contributed by atoms with Crippen molar-refractivity contribution in [2.75, 3.05) is 4.90 Å². The number of hydrogen-bond acceptors (Lipinski definition) is 4. The second-order valence-corrected chi connectivity index (χ2v) is 8.76. The number of ketones is 1. The number of amides is 1. The number of aryl methyl sites for hydroxylation is 2. The molecule has 1 N–H and O–H groups in total. The van der Waals surface area contributed by atoms with E-state index in [1.165, 1.54) is 29.2 Å². The van der Waals surface area contributed by atoms with Crippen molar-refractivity contribution in [3.63, 3.8) is 0 Å². The predicted molar refractivity (Wildman–Crippen MR) is 129 cm³/mol.